The van der Waals surface area contributed by atoms with E-state index in [9.17, 15) is 0 Å². The molecule has 3 heteroatoms. The first-order valence-electron chi connectivity index (χ1n) is 7.63. The fraction of sp³-hybridized carbons (Fsp3) is 1.00. The smallest absolute Gasteiger partial charge is 0.0767 e. The zero-order valence-corrected chi connectivity index (χ0v) is 12.3. The molecule has 0 aliphatic heterocycles. The van der Waals surface area contributed by atoms with Gasteiger partial charge in [0.15, 0.2) is 0 Å². The number of methoxy groups -OCH3 is 1. The summed E-state index contributed by atoms with van der Waals surface area (Å²) in [5.41, 5.74) is 6.33. The van der Waals surface area contributed by atoms with Crippen molar-refractivity contribution in [2.75, 3.05) is 20.2 Å². The molecule has 0 saturated heterocycles. The lowest BCUT2D eigenvalue weighted by molar-refractivity contribution is -0.0828. The highest BCUT2D eigenvalue weighted by Crippen LogP contribution is 2.41. The number of rotatable bonds is 6. The summed E-state index contributed by atoms with van der Waals surface area (Å²) < 4.78 is 5.82. The quantitative estimate of drug-likeness (QED) is 0.791. The van der Waals surface area contributed by atoms with Gasteiger partial charge in [0.2, 0.25) is 0 Å². The fourth-order valence-corrected chi connectivity index (χ4v) is 3.68. The van der Waals surface area contributed by atoms with Crippen LogP contribution in [0, 0.1) is 5.92 Å². The maximum Gasteiger partial charge on any atom is 0.0767 e. The van der Waals surface area contributed by atoms with E-state index in [4.69, 9.17) is 10.5 Å². The molecule has 0 aromatic rings. The number of nitrogens with zero attached hydrogens (tertiary/aromatic N) is 1. The standard InChI is InChI=1S/C15H30N2O/c1-12(2)10-17(13-7-8-13)15(11-16)9-5-4-6-14(15)18-3/h12-14H,4-11,16H2,1-3H3. The molecule has 2 aliphatic carbocycles. The first kappa shape index (κ1) is 14.3. The zero-order chi connectivity index (χ0) is 13.2. The van der Waals surface area contributed by atoms with Crippen LogP contribution in [0.15, 0.2) is 0 Å². The first-order valence-corrected chi connectivity index (χ1v) is 7.63. The Morgan fingerprint density at radius 1 is 1.28 bits per heavy atom. The van der Waals surface area contributed by atoms with Gasteiger partial charge in [-0.3, -0.25) is 4.90 Å². The molecule has 0 heterocycles. The van der Waals surface area contributed by atoms with E-state index in [1.165, 1.54) is 45.1 Å². The predicted molar refractivity (Wildman–Crippen MR) is 75.6 cm³/mol. The Labute approximate surface area is 112 Å². The van der Waals surface area contributed by atoms with Crippen LogP contribution in [-0.2, 0) is 4.74 Å². The second-order valence-corrected chi connectivity index (χ2v) is 6.56. The van der Waals surface area contributed by atoms with E-state index in [2.05, 4.69) is 18.7 Å². The molecule has 106 valence electrons. The number of nitrogens with two attached hydrogens (primary N) is 1. The highest BCUT2D eigenvalue weighted by Gasteiger charge is 2.49. The summed E-state index contributed by atoms with van der Waals surface area (Å²) in [4.78, 5) is 2.71. The maximum atomic E-state index is 6.22. The van der Waals surface area contributed by atoms with Gasteiger partial charge in [0.1, 0.15) is 0 Å². The Balaban J connectivity index is 2.20. The second-order valence-electron chi connectivity index (χ2n) is 6.56. The second kappa shape index (κ2) is 5.89. The molecule has 0 aromatic carbocycles. The third-order valence-corrected chi connectivity index (χ3v) is 4.68. The minimum Gasteiger partial charge on any atom is -0.379 e. The van der Waals surface area contributed by atoms with Gasteiger partial charge in [-0.2, -0.15) is 0 Å². The van der Waals surface area contributed by atoms with Crippen molar-refractivity contribution in [1.29, 1.82) is 0 Å². The lowest BCUT2D eigenvalue weighted by atomic mass is 9.77. The van der Waals surface area contributed by atoms with Crippen molar-refractivity contribution < 1.29 is 4.74 Å². The Kier molecular flexibility index (Phi) is 4.68. The van der Waals surface area contributed by atoms with Crippen LogP contribution in [0.4, 0.5) is 0 Å². The van der Waals surface area contributed by atoms with Crippen LogP contribution in [0.5, 0.6) is 0 Å². The molecule has 2 N–H and O–H groups in total. The third kappa shape index (κ3) is 2.73. The molecule has 3 nitrogen and oxygen atoms in total. The monoisotopic (exact) mass is 254 g/mol. The van der Waals surface area contributed by atoms with Gasteiger partial charge in [-0.15, -0.1) is 0 Å². The van der Waals surface area contributed by atoms with Crippen molar-refractivity contribution in [3.8, 4) is 0 Å². The summed E-state index contributed by atoms with van der Waals surface area (Å²) in [5, 5.41) is 0. The molecule has 0 bridgehead atoms. The maximum absolute atomic E-state index is 6.22. The van der Waals surface area contributed by atoms with Gasteiger partial charge in [-0.25, -0.2) is 0 Å². The Morgan fingerprint density at radius 3 is 2.50 bits per heavy atom. The van der Waals surface area contributed by atoms with E-state index in [0.29, 0.717) is 12.0 Å². The van der Waals surface area contributed by atoms with E-state index >= 15 is 0 Å². The van der Waals surface area contributed by atoms with Crippen LogP contribution in [0.1, 0.15) is 52.4 Å². The van der Waals surface area contributed by atoms with E-state index in [0.717, 1.165) is 12.6 Å². The van der Waals surface area contributed by atoms with E-state index in [-0.39, 0.29) is 5.54 Å². The van der Waals surface area contributed by atoms with Gasteiger partial charge in [0.25, 0.3) is 0 Å². The molecule has 2 unspecified atom stereocenters. The SMILES string of the molecule is COC1CCCCC1(CN)N(CC(C)C)C1CC1. The zero-order valence-electron chi connectivity index (χ0n) is 12.3. The summed E-state index contributed by atoms with van der Waals surface area (Å²) >= 11 is 0. The molecule has 2 aliphatic rings. The molecule has 0 radical (unpaired) electrons. The molecular weight excluding hydrogens is 224 g/mol. The van der Waals surface area contributed by atoms with Crippen molar-refractivity contribution in [2.45, 2.75) is 70.1 Å². The molecule has 2 atom stereocenters. The van der Waals surface area contributed by atoms with E-state index in [1.807, 2.05) is 7.11 Å². The summed E-state index contributed by atoms with van der Waals surface area (Å²) in [5.74, 6) is 0.702. The first-order chi connectivity index (χ1) is 8.64. The van der Waals surface area contributed by atoms with Crippen LogP contribution in [-0.4, -0.2) is 42.8 Å². The van der Waals surface area contributed by atoms with Crippen molar-refractivity contribution in [3.63, 3.8) is 0 Å². The summed E-state index contributed by atoms with van der Waals surface area (Å²) in [6.07, 6.45) is 8.02. The van der Waals surface area contributed by atoms with Crippen molar-refractivity contribution in [1.82, 2.24) is 4.90 Å². The van der Waals surface area contributed by atoms with E-state index in [1.54, 1.807) is 0 Å². The van der Waals surface area contributed by atoms with Gasteiger partial charge < -0.3 is 10.5 Å². The highest BCUT2D eigenvalue weighted by atomic mass is 16.5. The molecule has 2 rings (SSSR count). The lowest BCUT2D eigenvalue weighted by Crippen LogP contribution is -2.64. The number of hydrogen-bond donors (Lipinski definition) is 1. The highest BCUT2D eigenvalue weighted by molar-refractivity contribution is 5.05. The van der Waals surface area contributed by atoms with Crippen LogP contribution in [0.2, 0.25) is 0 Å². The number of hydrogen-bond acceptors (Lipinski definition) is 3. The molecule has 2 saturated carbocycles. The van der Waals surface area contributed by atoms with Gasteiger partial charge in [-0.05, 0) is 31.6 Å². The molecule has 0 aromatic heterocycles. The molecular formula is C15H30N2O. The molecule has 2 fully saturated rings. The van der Waals surface area contributed by atoms with Gasteiger partial charge in [0.05, 0.1) is 11.6 Å². The topological polar surface area (TPSA) is 38.5 Å². The van der Waals surface area contributed by atoms with Crippen molar-refractivity contribution in [3.05, 3.63) is 0 Å². The van der Waals surface area contributed by atoms with Gasteiger partial charge in [-0.1, -0.05) is 26.7 Å². The van der Waals surface area contributed by atoms with Crippen LogP contribution in [0.3, 0.4) is 0 Å². The summed E-state index contributed by atoms with van der Waals surface area (Å²) in [6.45, 7) is 6.53. The normalized spacial score (nSPS) is 33.3. The number of ether oxygens (including phenoxy) is 1. The molecule has 18 heavy (non-hydrogen) atoms. The summed E-state index contributed by atoms with van der Waals surface area (Å²) in [7, 11) is 1.86. The minimum atomic E-state index is 0.110. The third-order valence-electron chi connectivity index (χ3n) is 4.68. The largest absolute Gasteiger partial charge is 0.379 e. The molecule has 0 amide bonds. The molecule has 0 spiro atoms. The average Bonchev–Trinajstić information content (AvgIpc) is 3.19. The Bertz CT molecular complexity index is 265. The van der Waals surface area contributed by atoms with Gasteiger partial charge >= 0.3 is 0 Å². The van der Waals surface area contributed by atoms with E-state index < -0.39 is 0 Å². The van der Waals surface area contributed by atoms with Crippen molar-refractivity contribution >= 4 is 0 Å². The predicted octanol–water partition coefficient (Wildman–Crippen LogP) is 2.39. The summed E-state index contributed by atoms with van der Waals surface area (Å²) in [6, 6.07) is 0.770. The Hall–Kier alpha value is -0.120. The average molecular weight is 254 g/mol. The van der Waals surface area contributed by atoms with Gasteiger partial charge in [0, 0.05) is 26.2 Å². The fourth-order valence-electron chi connectivity index (χ4n) is 3.68. The lowest BCUT2D eigenvalue weighted by Gasteiger charge is -2.51. The van der Waals surface area contributed by atoms with Crippen LogP contribution in [0.25, 0.3) is 0 Å². The van der Waals surface area contributed by atoms with Crippen LogP contribution < -0.4 is 5.73 Å². The van der Waals surface area contributed by atoms with Crippen molar-refractivity contribution in [2.24, 2.45) is 11.7 Å². The minimum absolute atomic E-state index is 0.110. The Morgan fingerprint density at radius 2 is 2.00 bits per heavy atom. The van der Waals surface area contributed by atoms with Crippen LogP contribution >= 0.6 is 0 Å².